The van der Waals surface area contributed by atoms with Gasteiger partial charge in [0.15, 0.2) is 17.2 Å². The van der Waals surface area contributed by atoms with Crippen molar-refractivity contribution < 1.29 is 19.1 Å². The Morgan fingerprint density at radius 1 is 1.32 bits per heavy atom. The van der Waals surface area contributed by atoms with E-state index in [2.05, 4.69) is 13.8 Å². The normalized spacial score (nSPS) is 52.5. The van der Waals surface area contributed by atoms with Gasteiger partial charge in [0.25, 0.3) is 0 Å². The molecule has 28 heavy (non-hydrogen) atoms. The van der Waals surface area contributed by atoms with Crippen molar-refractivity contribution >= 4 is 23.2 Å². The Morgan fingerprint density at radius 3 is 2.64 bits per heavy atom. The van der Waals surface area contributed by atoms with Gasteiger partial charge in [-0.1, -0.05) is 32.4 Å². The first-order chi connectivity index (χ1) is 13.0. The van der Waals surface area contributed by atoms with E-state index in [1.54, 1.807) is 12.2 Å². The number of rotatable bonds is 2. The summed E-state index contributed by atoms with van der Waals surface area (Å²) in [7, 11) is 0. The fourth-order valence-corrected chi connectivity index (χ4v) is 7.78. The van der Waals surface area contributed by atoms with Crippen LogP contribution in [0.5, 0.6) is 0 Å². The first-order valence-electron chi connectivity index (χ1n) is 10.4. The summed E-state index contributed by atoms with van der Waals surface area (Å²) in [5.41, 5.74) is -3.20. The van der Waals surface area contributed by atoms with E-state index < -0.39 is 28.0 Å². The highest BCUT2D eigenvalue weighted by Crippen LogP contribution is 2.72. The number of Topliss-reactive ketones (excluding diaryl/α,β-unsaturated/α-hetero) is 1. The molecule has 0 heterocycles. The molecule has 1 N–H and O–H groups in total. The molecular formula is C23H30ClFO3. The number of aliphatic hydroxyl groups excluding tert-OH is 1. The average Bonchev–Trinajstić information content (AvgIpc) is 2.84. The Hall–Kier alpha value is -1.00. The lowest BCUT2D eigenvalue weighted by molar-refractivity contribution is -0.204. The molecule has 0 aromatic rings. The number of fused-ring (bicyclic) bond motifs is 5. The van der Waals surface area contributed by atoms with Crippen molar-refractivity contribution in [1.29, 1.82) is 0 Å². The maximum Gasteiger partial charge on any atom is 0.178 e. The van der Waals surface area contributed by atoms with Crippen LogP contribution in [0.25, 0.3) is 0 Å². The lowest BCUT2D eigenvalue weighted by atomic mass is 9.43. The van der Waals surface area contributed by atoms with Crippen molar-refractivity contribution in [3.63, 3.8) is 0 Å². The summed E-state index contributed by atoms with van der Waals surface area (Å²) in [4.78, 5) is 24.8. The summed E-state index contributed by atoms with van der Waals surface area (Å²) in [6.07, 6.45) is 5.70. The van der Waals surface area contributed by atoms with Gasteiger partial charge in [-0.3, -0.25) is 9.59 Å². The third kappa shape index (κ3) is 2.09. The molecule has 4 aliphatic carbocycles. The zero-order valence-corrected chi connectivity index (χ0v) is 17.9. The first kappa shape index (κ1) is 20.3. The Labute approximate surface area is 171 Å². The van der Waals surface area contributed by atoms with Crippen LogP contribution in [-0.4, -0.2) is 34.3 Å². The van der Waals surface area contributed by atoms with E-state index in [0.717, 1.165) is 12.0 Å². The number of aliphatic hydroxyl groups is 1. The SMILES string of the molecule is C[C@@H]1C[C@H]2[C@@H]3CCC4=CC(=O)C=C[C@]4(C)[C@@]3(F)[C@@H](O)C[C@]2(C)[C@@]1(C)C(=O)CCl. The predicted molar refractivity (Wildman–Crippen MR) is 107 cm³/mol. The molecule has 3 fully saturated rings. The monoisotopic (exact) mass is 408 g/mol. The van der Waals surface area contributed by atoms with Gasteiger partial charge in [-0.05, 0) is 62.0 Å². The average molecular weight is 409 g/mol. The Kier molecular flexibility index (Phi) is 4.35. The van der Waals surface area contributed by atoms with Crippen molar-refractivity contribution in [2.45, 2.75) is 65.2 Å². The summed E-state index contributed by atoms with van der Waals surface area (Å²) < 4.78 is 17.0. The molecule has 3 saturated carbocycles. The van der Waals surface area contributed by atoms with E-state index in [4.69, 9.17) is 11.6 Å². The lowest BCUT2D eigenvalue weighted by Crippen LogP contribution is -2.67. The van der Waals surface area contributed by atoms with Crippen molar-refractivity contribution in [3.05, 3.63) is 23.8 Å². The molecular weight excluding hydrogens is 379 g/mol. The third-order valence-corrected chi connectivity index (χ3v) is 9.75. The maximum absolute atomic E-state index is 17.0. The molecule has 0 aromatic heterocycles. The van der Waals surface area contributed by atoms with Crippen LogP contribution in [0, 0.1) is 34.0 Å². The zero-order valence-electron chi connectivity index (χ0n) is 17.1. The fourth-order valence-electron chi connectivity index (χ4n) is 7.50. The number of hydrogen-bond donors (Lipinski definition) is 1. The quantitative estimate of drug-likeness (QED) is 0.688. The lowest BCUT2D eigenvalue weighted by Gasteiger charge is -2.63. The van der Waals surface area contributed by atoms with Crippen LogP contribution < -0.4 is 0 Å². The minimum atomic E-state index is -1.84. The standard InChI is InChI=1S/C23H30ClFO3/c1-13-9-17-16-6-5-14-10-15(26)7-8-20(14,2)23(16,25)18(27)11-21(17,3)22(13,4)19(28)12-24/h7-8,10,13,16-18,27H,5-6,9,11-12H2,1-4H3/t13-,16+,17+,18+,20+,21+,22-,23+/m1/s1. The summed E-state index contributed by atoms with van der Waals surface area (Å²) in [5, 5.41) is 11.3. The summed E-state index contributed by atoms with van der Waals surface area (Å²) >= 11 is 5.97. The molecule has 0 bridgehead atoms. The van der Waals surface area contributed by atoms with Crippen molar-refractivity contribution in [3.8, 4) is 0 Å². The molecule has 8 atom stereocenters. The van der Waals surface area contributed by atoms with Crippen LogP contribution >= 0.6 is 11.6 Å². The Balaban J connectivity index is 1.84. The van der Waals surface area contributed by atoms with Gasteiger partial charge in [0.05, 0.1) is 12.0 Å². The molecule has 0 radical (unpaired) electrons. The largest absolute Gasteiger partial charge is 0.390 e. The van der Waals surface area contributed by atoms with Crippen LogP contribution in [0.4, 0.5) is 4.39 Å². The van der Waals surface area contributed by atoms with Gasteiger partial charge in [0.1, 0.15) is 0 Å². The molecule has 0 aliphatic heterocycles. The first-order valence-corrected chi connectivity index (χ1v) is 10.9. The minimum Gasteiger partial charge on any atom is -0.390 e. The van der Waals surface area contributed by atoms with Crippen molar-refractivity contribution in [2.24, 2.45) is 34.0 Å². The van der Waals surface area contributed by atoms with Crippen LogP contribution in [0.3, 0.4) is 0 Å². The van der Waals surface area contributed by atoms with Gasteiger partial charge in [-0.15, -0.1) is 11.6 Å². The summed E-state index contributed by atoms with van der Waals surface area (Å²) in [6.45, 7) is 7.91. The van der Waals surface area contributed by atoms with Gasteiger partial charge in [0, 0.05) is 16.7 Å². The number of alkyl halides is 2. The number of carbonyl (C=O) groups excluding carboxylic acids is 2. The van der Waals surface area contributed by atoms with E-state index in [-0.39, 0.29) is 41.6 Å². The van der Waals surface area contributed by atoms with Crippen LogP contribution in [0.2, 0.25) is 0 Å². The van der Waals surface area contributed by atoms with Gasteiger partial charge in [-0.2, -0.15) is 0 Å². The molecule has 154 valence electrons. The molecule has 0 spiro atoms. The molecule has 5 heteroatoms. The summed E-state index contributed by atoms with van der Waals surface area (Å²) in [5.74, 6) is -0.446. The maximum atomic E-state index is 17.0. The molecule has 0 amide bonds. The third-order valence-electron chi connectivity index (χ3n) is 9.51. The highest BCUT2D eigenvalue weighted by atomic mass is 35.5. The molecule has 4 aliphatic rings. The number of ketones is 2. The zero-order chi connectivity index (χ0) is 20.7. The number of hydrogen-bond acceptors (Lipinski definition) is 3. The van der Waals surface area contributed by atoms with E-state index in [1.165, 1.54) is 6.08 Å². The second-order valence-electron chi connectivity index (χ2n) is 10.2. The second kappa shape index (κ2) is 6.01. The van der Waals surface area contributed by atoms with Crippen molar-refractivity contribution in [1.82, 2.24) is 0 Å². The van der Waals surface area contributed by atoms with E-state index in [0.29, 0.717) is 12.8 Å². The van der Waals surface area contributed by atoms with E-state index in [9.17, 15) is 14.7 Å². The van der Waals surface area contributed by atoms with Gasteiger partial charge in [0.2, 0.25) is 0 Å². The van der Waals surface area contributed by atoms with Crippen molar-refractivity contribution in [2.75, 3.05) is 5.88 Å². The smallest absolute Gasteiger partial charge is 0.178 e. The second-order valence-corrected chi connectivity index (χ2v) is 10.4. The number of allylic oxidation sites excluding steroid dienone is 4. The predicted octanol–water partition coefficient (Wildman–Crippen LogP) is 4.42. The van der Waals surface area contributed by atoms with E-state index in [1.807, 2.05) is 13.8 Å². The molecule has 4 rings (SSSR count). The fraction of sp³-hybridized carbons (Fsp3) is 0.739. The Morgan fingerprint density at radius 2 is 2.00 bits per heavy atom. The highest BCUT2D eigenvalue weighted by Gasteiger charge is 2.74. The van der Waals surface area contributed by atoms with Crippen LogP contribution in [0.1, 0.15) is 53.4 Å². The van der Waals surface area contributed by atoms with E-state index >= 15 is 4.39 Å². The minimum absolute atomic E-state index is 0.00234. The van der Waals surface area contributed by atoms with Gasteiger partial charge >= 0.3 is 0 Å². The van der Waals surface area contributed by atoms with Gasteiger partial charge in [-0.25, -0.2) is 4.39 Å². The number of halogens is 2. The summed E-state index contributed by atoms with van der Waals surface area (Å²) in [6, 6.07) is 0. The molecule has 0 saturated heterocycles. The van der Waals surface area contributed by atoms with Crippen LogP contribution in [-0.2, 0) is 9.59 Å². The molecule has 0 unspecified atom stereocenters. The molecule has 3 nitrogen and oxygen atoms in total. The topological polar surface area (TPSA) is 54.4 Å². The van der Waals surface area contributed by atoms with Crippen LogP contribution in [0.15, 0.2) is 23.8 Å². The highest BCUT2D eigenvalue weighted by molar-refractivity contribution is 6.28. The molecule has 0 aromatic carbocycles. The van der Waals surface area contributed by atoms with Gasteiger partial charge < -0.3 is 5.11 Å². The number of carbonyl (C=O) groups is 2. The Bertz CT molecular complexity index is 806.